The van der Waals surface area contributed by atoms with Crippen LogP contribution in [-0.4, -0.2) is 39.4 Å². The minimum Gasteiger partial charge on any atom is -0.390 e. The molecule has 0 saturated carbocycles. The highest BCUT2D eigenvalue weighted by atomic mass is 35.5. The fraction of sp³-hybridized carbons (Fsp3) is 0.500. The van der Waals surface area contributed by atoms with Crippen molar-refractivity contribution in [3.05, 3.63) is 22.5 Å². The zero-order valence-electron chi connectivity index (χ0n) is 8.34. The van der Waals surface area contributed by atoms with Gasteiger partial charge >= 0.3 is 5.95 Å². The molecule has 1 rings (SSSR count). The highest BCUT2D eigenvalue weighted by Crippen LogP contribution is 2.06. The molecule has 8 heteroatoms. The Bertz CT molecular complexity index is 379. The molecule has 7 nitrogen and oxygen atoms in total. The lowest BCUT2D eigenvalue weighted by atomic mass is 10.4. The Balaban J connectivity index is 2.49. The number of nitrogens with zero attached hydrogens (tertiary/aromatic N) is 3. The summed E-state index contributed by atoms with van der Waals surface area (Å²) in [5, 5.41) is 10.5. The standard InChI is InChI=1S/C8H10ClN3O4/c9-1-4-16-6-7(13)5-11-3-2-10-8(11)12(14)15/h2-3H,1,4-6H2. The Kier molecular flexibility index (Phi) is 4.87. The zero-order chi connectivity index (χ0) is 12.0. The molecule has 0 bridgehead atoms. The largest absolute Gasteiger partial charge is 0.434 e. The van der Waals surface area contributed by atoms with E-state index in [4.69, 9.17) is 16.3 Å². The maximum absolute atomic E-state index is 11.3. The van der Waals surface area contributed by atoms with Crippen LogP contribution in [0.1, 0.15) is 0 Å². The van der Waals surface area contributed by atoms with Crippen molar-refractivity contribution < 1.29 is 14.5 Å². The predicted molar refractivity (Wildman–Crippen MR) is 55.4 cm³/mol. The SMILES string of the molecule is O=C(COCCCl)Cn1ccnc1[N+](=O)[O-]. The quantitative estimate of drug-likeness (QED) is 0.305. The maximum atomic E-state index is 11.3. The van der Waals surface area contributed by atoms with Crippen LogP contribution < -0.4 is 0 Å². The zero-order valence-corrected chi connectivity index (χ0v) is 9.09. The predicted octanol–water partition coefficient (Wildman–Crippen LogP) is 0.616. The monoisotopic (exact) mass is 247 g/mol. The van der Waals surface area contributed by atoms with Crippen molar-refractivity contribution in [1.82, 2.24) is 9.55 Å². The van der Waals surface area contributed by atoms with E-state index < -0.39 is 4.92 Å². The van der Waals surface area contributed by atoms with Crippen molar-refractivity contribution >= 4 is 23.3 Å². The summed E-state index contributed by atoms with van der Waals surface area (Å²) in [4.78, 5) is 24.7. The van der Waals surface area contributed by atoms with Crippen molar-refractivity contribution in [1.29, 1.82) is 0 Å². The van der Waals surface area contributed by atoms with Gasteiger partial charge in [-0.25, -0.2) is 4.57 Å². The third-order valence-corrected chi connectivity index (χ3v) is 1.84. The number of rotatable bonds is 7. The summed E-state index contributed by atoms with van der Waals surface area (Å²) in [6.45, 7) is 0.0416. The third-order valence-electron chi connectivity index (χ3n) is 1.69. The first-order valence-corrected chi connectivity index (χ1v) is 4.99. The second kappa shape index (κ2) is 6.19. The number of carbonyl (C=O) groups excluding carboxylic acids is 1. The molecule has 1 aromatic rings. The van der Waals surface area contributed by atoms with E-state index in [2.05, 4.69) is 4.98 Å². The number of halogens is 1. The molecule has 0 N–H and O–H groups in total. The molecule has 1 aromatic heterocycles. The molecule has 0 fully saturated rings. The first-order chi connectivity index (χ1) is 7.65. The van der Waals surface area contributed by atoms with E-state index in [-0.39, 0.29) is 31.5 Å². The van der Waals surface area contributed by atoms with Crippen molar-refractivity contribution in [3.63, 3.8) is 0 Å². The minimum atomic E-state index is -0.646. The van der Waals surface area contributed by atoms with Crippen LogP contribution in [0.25, 0.3) is 0 Å². The van der Waals surface area contributed by atoms with E-state index in [0.717, 1.165) is 4.57 Å². The Labute approximate surface area is 96.1 Å². The molecule has 0 amide bonds. The summed E-state index contributed by atoms with van der Waals surface area (Å²) >= 11 is 5.35. The van der Waals surface area contributed by atoms with Gasteiger partial charge in [-0.2, -0.15) is 0 Å². The molecule has 0 spiro atoms. The van der Waals surface area contributed by atoms with Crippen LogP contribution in [-0.2, 0) is 16.1 Å². The summed E-state index contributed by atoms with van der Waals surface area (Å²) in [6, 6.07) is 0. The number of carbonyl (C=O) groups is 1. The van der Waals surface area contributed by atoms with Crippen molar-refractivity contribution in [2.45, 2.75) is 6.54 Å². The number of Topliss-reactive ketones (excluding diaryl/α,β-unsaturated/α-hetero) is 1. The van der Waals surface area contributed by atoms with Gasteiger partial charge < -0.3 is 14.9 Å². The lowest BCUT2D eigenvalue weighted by molar-refractivity contribution is -0.396. The molecule has 0 aliphatic carbocycles. The summed E-state index contributed by atoms with van der Waals surface area (Å²) in [7, 11) is 0. The Hall–Kier alpha value is -1.47. The average Bonchev–Trinajstić information content (AvgIpc) is 2.66. The number of aromatic nitrogens is 2. The van der Waals surface area contributed by atoms with Crippen LogP contribution in [0.5, 0.6) is 0 Å². The van der Waals surface area contributed by atoms with Gasteiger partial charge in [0.05, 0.1) is 6.61 Å². The maximum Gasteiger partial charge on any atom is 0.434 e. The van der Waals surface area contributed by atoms with Gasteiger partial charge in [0.25, 0.3) is 0 Å². The Morgan fingerprint density at radius 2 is 2.44 bits per heavy atom. The summed E-state index contributed by atoms with van der Waals surface area (Å²) in [5.74, 6) is -0.324. The fourth-order valence-electron chi connectivity index (χ4n) is 1.07. The number of nitro groups is 1. The van der Waals surface area contributed by atoms with Gasteiger partial charge in [0.2, 0.25) is 0 Å². The van der Waals surface area contributed by atoms with Crippen LogP contribution in [0.4, 0.5) is 5.95 Å². The van der Waals surface area contributed by atoms with Gasteiger partial charge in [-0.15, -0.1) is 11.6 Å². The molecule has 0 saturated heterocycles. The smallest absolute Gasteiger partial charge is 0.390 e. The highest BCUT2D eigenvalue weighted by molar-refractivity contribution is 6.17. The topological polar surface area (TPSA) is 87.3 Å². The molecule has 16 heavy (non-hydrogen) atoms. The molecule has 0 unspecified atom stereocenters. The van der Waals surface area contributed by atoms with Crippen molar-refractivity contribution in [3.8, 4) is 0 Å². The van der Waals surface area contributed by atoms with E-state index >= 15 is 0 Å². The van der Waals surface area contributed by atoms with E-state index in [1.54, 1.807) is 0 Å². The summed E-state index contributed by atoms with van der Waals surface area (Å²) in [5.41, 5.74) is 0. The lowest BCUT2D eigenvalue weighted by Gasteiger charge is -2.01. The van der Waals surface area contributed by atoms with Gasteiger partial charge in [0.1, 0.15) is 25.5 Å². The second-order valence-corrected chi connectivity index (χ2v) is 3.27. The third kappa shape index (κ3) is 3.59. The Morgan fingerprint density at radius 1 is 1.69 bits per heavy atom. The first kappa shape index (κ1) is 12.6. The Morgan fingerprint density at radius 3 is 3.06 bits per heavy atom. The average molecular weight is 248 g/mol. The minimum absolute atomic E-state index is 0.109. The van der Waals surface area contributed by atoms with Crippen molar-refractivity contribution in [2.75, 3.05) is 19.1 Å². The molecule has 1 heterocycles. The first-order valence-electron chi connectivity index (χ1n) is 4.46. The van der Waals surface area contributed by atoms with Gasteiger partial charge in [-0.05, 0) is 4.92 Å². The lowest BCUT2D eigenvalue weighted by Crippen LogP contribution is -2.17. The molecular weight excluding hydrogens is 238 g/mol. The van der Waals surface area contributed by atoms with Crippen LogP contribution in [0, 0.1) is 10.1 Å². The molecule has 0 radical (unpaired) electrons. The number of ether oxygens (including phenoxy) is 1. The highest BCUT2D eigenvalue weighted by Gasteiger charge is 2.16. The fourth-order valence-corrected chi connectivity index (χ4v) is 1.18. The van der Waals surface area contributed by atoms with Crippen LogP contribution in [0.2, 0.25) is 0 Å². The molecule has 0 aliphatic heterocycles. The summed E-state index contributed by atoms with van der Waals surface area (Å²) in [6.07, 6.45) is 2.64. The molecule has 0 aromatic carbocycles. The number of ketones is 1. The number of hydrogen-bond donors (Lipinski definition) is 0. The molecular formula is C8H10ClN3O4. The van der Waals surface area contributed by atoms with Gasteiger partial charge in [-0.1, -0.05) is 4.98 Å². The van der Waals surface area contributed by atoms with Gasteiger partial charge in [0.15, 0.2) is 5.78 Å². The van der Waals surface area contributed by atoms with Gasteiger partial charge in [-0.3, -0.25) is 4.79 Å². The van der Waals surface area contributed by atoms with E-state index in [1.807, 2.05) is 0 Å². The normalized spacial score (nSPS) is 10.3. The van der Waals surface area contributed by atoms with E-state index in [9.17, 15) is 14.9 Å². The van der Waals surface area contributed by atoms with Crippen LogP contribution in [0.15, 0.2) is 12.4 Å². The van der Waals surface area contributed by atoms with Crippen molar-refractivity contribution in [2.24, 2.45) is 0 Å². The second-order valence-electron chi connectivity index (χ2n) is 2.89. The van der Waals surface area contributed by atoms with E-state index in [1.165, 1.54) is 12.4 Å². The summed E-state index contributed by atoms with van der Waals surface area (Å²) < 4.78 is 6.07. The van der Waals surface area contributed by atoms with E-state index in [0.29, 0.717) is 5.88 Å². The molecule has 88 valence electrons. The van der Waals surface area contributed by atoms with Crippen LogP contribution in [0.3, 0.4) is 0 Å². The molecule has 0 aliphatic rings. The number of hydrogen-bond acceptors (Lipinski definition) is 5. The number of imidazole rings is 1. The van der Waals surface area contributed by atoms with Crippen LogP contribution >= 0.6 is 11.6 Å². The molecule has 0 atom stereocenters. The number of alkyl halides is 1. The van der Waals surface area contributed by atoms with Gasteiger partial charge in [0, 0.05) is 5.88 Å².